The number of hydrogen-bond acceptors (Lipinski definition) is 3. The van der Waals surface area contributed by atoms with Gasteiger partial charge in [-0.05, 0) is 49.4 Å². The largest absolute Gasteiger partial charge is 0.271 e. The Balaban J connectivity index is 1.89. The standard InChI is InChI=1S/C16H21N3/c1-13-10-11-18-16(12-13)15(19-17)9-5-8-14-6-3-2-4-7-14/h2-4,6-7,10-12,15,19H,5,8-9,17H2,1H3. The number of aromatic nitrogens is 1. The van der Waals surface area contributed by atoms with Crippen molar-refractivity contribution in [1.29, 1.82) is 0 Å². The Morgan fingerprint density at radius 1 is 1.21 bits per heavy atom. The minimum Gasteiger partial charge on any atom is -0.271 e. The summed E-state index contributed by atoms with van der Waals surface area (Å²) in [6, 6.07) is 14.7. The first kappa shape index (κ1) is 13.7. The number of pyridine rings is 1. The van der Waals surface area contributed by atoms with E-state index in [-0.39, 0.29) is 6.04 Å². The first-order valence-corrected chi connectivity index (χ1v) is 6.72. The van der Waals surface area contributed by atoms with E-state index < -0.39 is 0 Å². The van der Waals surface area contributed by atoms with Gasteiger partial charge in [-0.15, -0.1) is 0 Å². The summed E-state index contributed by atoms with van der Waals surface area (Å²) >= 11 is 0. The predicted octanol–water partition coefficient (Wildman–Crippen LogP) is 2.92. The molecular formula is C16H21N3. The molecule has 19 heavy (non-hydrogen) atoms. The topological polar surface area (TPSA) is 50.9 Å². The van der Waals surface area contributed by atoms with Gasteiger partial charge >= 0.3 is 0 Å². The van der Waals surface area contributed by atoms with Crippen molar-refractivity contribution in [3.05, 3.63) is 65.5 Å². The van der Waals surface area contributed by atoms with Crippen LogP contribution in [0, 0.1) is 6.92 Å². The van der Waals surface area contributed by atoms with Crippen molar-refractivity contribution >= 4 is 0 Å². The maximum Gasteiger partial charge on any atom is 0.0632 e. The summed E-state index contributed by atoms with van der Waals surface area (Å²) in [4.78, 5) is 4.39. The first-order chi connectivity index (χ1) is 9.29. The molecule has 3 nitrogen and oxygen atoms in total. The zero-order chi connectivity index (χ0) is 13.5. The quantitative estimate of drug-likeness (QED) is 0.616. The maximum atomic E-state index is 5.64. The summed E-state index contributed by atoms with van der Waals surface area (Å²) in [5.74, 6) is 5.64. The number of hydrazine groups is 1. The second kappa shape index (κ2) is 7.02. The monoisotopic (exact) mass is 255 g/mol. The molecule has 0 saturated carbocycles. The van der Waals surface area contributed by atoms with E-state index in [2.05, 4.69) is 47.7 Å². The van der Waals surface area contributed by atoms with Gasteiger partial charge in [0.2, 0.25) is 0 Å². The van der Waals surface area contributed by atoms with Gasteiger partial charge in [0.15, 0.2) is 0 Å². The van der Waals surface area contributed by atoms with Gasteiger partial charge in [-0.3, -0.25) is 16.3 Å². The van der Waals surface area contributed by atoms with E-state index in [4.69, 9.17) is 5.84 Å². The second-order valence-corrected chi connectivity index (χ2v) is 4.86. The zero-order valence-electron chi connectivity index (χ0n) is 11.3. The SMILES string of the molecule is Cc1ccnc(C(CCCc2ccccc2)NN)c1. The van der Waals surface area contributed by atoms with Crippen LogP contribution in [0.5, 0.6) is 0 Å². The minimum absolute atomic E-state index is 0.128. The fourth-order valence-electron chi connectivity index (χ4n) is 2.22. The van der Waals surface area contributed by atoms with Crippen LogP contribution in [0.3, 0.4) is 0 Å². The van der Waals surface area contributed by atoms with Gasteiger partial charge in [0, 0.05) is 6.20 Å². The van der Waals surface area contributed by atoms with E-state index in [9.17, 15) is 0 Å². The molecule has 0 aliphatic heterocycles. The fraction of sp³-hybridized carbons (Fsp3) is 0.312. The summed E-state index contributed by atoms with van der Waals surface area (Å²) in [6.45, 7) is 2.07. The molecule has 0 aliphatic carbocycles. The van der Waals surface area contributed by atoms with Crippen molar-refractivity contribution in [3.63, 3.8) is 0 Å². The molecule has 3 heteroatoms. The van der Waals surface area contributed by atoms with Crippen LogP contribution in [0.15, 0.2) is 48.7 Å². The molecule has 0 fully saturated rings. The van der Waals surface area contributed by atoms with Gasteiger partial charge < -0.3 is 0 Å². The Kier molecular flexibility index (Phi) is 5.07. The number of nitrogens with two attached hydrogens (primary N) is 1. The Morgan fingerprint density at radius 2 is 2.00 bits per heavy atom. The predicted molar refractivity (Wildman–Crippen MR) is 78.4 cm³/mol. The molecule has 1 atom stereocenters. The Bertz CT molecular complexity index is 496. The lowest BCUT2D eigenvalue weighted by Gasteiger charge is -2.15. The molecule has 1 heterocycles. The molecule has 0 spiro atoms. The lowest BCUT2D eigenvalue weighted by atomic mass is 10.0. The molecule has 2 rings (SSSR count). The molecule has 1 unspecified atom stereocenters. The van der Waals surface area contributed by atoms with Crippen LogP contribution in [0.25, 0.3) is 0 Å². The van der Waals surface area contributed by atoms with Crippen LogP contribution >= 0.6 is 0 Å². The summed E-state index contributed by atoms with van der Waals surface area (Å²) in [7, 11) is 0. The number of nitrogens with zero attached hydrogens (tertiary/aromatic N) is 1. The molecule has 3 N–H and O–H groups in total. The third-order valence-electron chi connectivity index (χ3n) is 3.30. The van der Waals surface area contributed by atoms with Crippen molar-refractivity contribution in [1.82, 2.24) is 10.4 Å². The van der Waals surface area contributed by atoms with Crippen LogP contribution in [-0.2, 0) is 6.42 Å². The number of benzene rings is 1. The van der Waals surface area contributed by atoms with E-state index in [1.54, 1.807) is 0 Å². The molecule has 1 aromatic heterocycles. The third-order valence-corrected chi connectivity index (χ3v) is 3.30. The van der Waals surface area contributed by atoms with Crippen molar-refractivity contribution in [2.75, 3.05) is 0 Å². The summed E-state index contributed by atoms with van der Waals surface area (Å²) < 4.78 is 0. The van der Waals surface area contributed by atoms with Crippen LogP contribution in [0.4, 0.5) is 0 Å². The van der Waals surface area contributed by atoms with Crippen molar-refractivity contribution < 1.29 is 0 Å². The van der Waals surface area contributed by atoms with Crippen molar-refractivity contribution in [2.24, 2.45) is 5.84 Å². The molecule has 100 valence electrons. The lowest BCUT2D eigenvalue weighted by molar-refractivity contribution is 0.487. The van der Waals surface area contributed by atoms with Gasteiger partial charge in [0.1, 0.15) is 0 Å². The highest BCUT2D eigenvalue weighted by Crippen LogP contribution is 2.17. The van der Waals surface area contributed by atoms with Crippen molar-refractivity contribution in [2.45, 2.75) is 32.2 Å². The smallest absolute Gasteiger partial charge is 0.0632 e. The van der Waals surface area contributed by atoms with Gasteiger partial charge in [0.25, 0.3) is 0 Å². The molecule has 0 radical (unpaired) electrons. The third kappa shape index (κ3) is 4.16. The molecule has 0 aliphatic rings. The van der Waals surface area contributed by atoms with Gasteiger partial charge in [-0.1, -0.05) is 30.3 Å². The molecule has 2 aromatic rings. The number of hydrogen-bond donors (Lipinski definition) is 2. The van der Waals surface area contributed by atoms with E-state index in [1.165, 1.54) is 11.1 Å². The molecule has 0 saturated heterocycles. The maximum absolute atomic E-state index is 5.64. The molecule has 1 aromatic carbocycles. The van der Waals surface area contributed by atoms with E-state index in [1.807, 2.05) is 18.3 Å². The fourth-order valence-corrected chi connectivity index (χ4v) is 2.22. The normalized spacial score (nSPS) is 12.3. The average molecular weight is 255 g/mol. The van der Waals surface area contributed by atoms with Crippen LogP contribution in [-0.4, -0.2) is 4.98 Å². The Morgan fingerprint density at radius 3 is 2.68 bits per heavy atom. The van der Waals surface area contributed by atoms with Crippen LogP contribution in [0.1, 0.15) is 35.7 Å². The highest BCUT2D eigenvalue weighted by atomic mass is 15.2. The average Bonchev–Trinajstić information content (AvgIpc) is 2.45. The number of rotatable bonds is 6. The first-order valence-electron chi connectivity index (χ1n) is 6.72. The second-order valence-electron chi connectivity index (χ2n) is 4.86. The number of nitrogens with one attached hydrogen (secondary N) is 1. The Hall–Kier alpha value is -1.71. The van der Waals surface area contributed by atoms with Crippen LogP contribution in [0.2, 0.25) is 0 Å². The van der Waals surface area contributed by atoms with E-state index in [0.29, 0.717) is 0 Å². The molecule has 0 bridgehead atoms. The summed E-state index contributed by atoms with van der Waals surface area (Å²) in [5, 5.41) is 0. The number of aryl methyl sites for hydroxylation is 2. The van der Waals surface area contributed by atoms with Crippen LogP contribution < -0.4 is 11.3 Å². The van der Waals surface area contributed by atoms with E-state index >= 15 is 0 Å². The van der Waals surface area contributed by atoms with Gasteiger partial charge in [-0.25, -0.2) is 0 Å². The molecular weight excluding hydrogens is 234 g/mol. The Labute approximate surface area is 114 Å². The lowest BCUT2D eigenvalue weighted by Crippen LogP contribution is -2.28. The molecule has 0 amide bonds. The summed E-state index contributed by atoms with van der Waals surface area (Å²) in [5.41, 5.74) is 6.48. The van der Waals surface area contributed by atoms with Gasteiger partial charge in [-0.2, -0.15) is 0 Å². The zero-order valence-corrected chi connectivity index (χ0v) is 11.3. The highest BCUT2D eigenvalue weighted by Gasteiger charge is 2.10. The van der Waals surface area contributed by atoms with Crippen molar-refractivity contribution in [3.8, 4) is 0 Å². The van der Waals surface area contributed by atoms with Gasteiger partial charge in [0.05, 0.1) is 11.7 Å². The minimum atomic E-state index is 0.128. The highest BCUT2D eigenvalue weighted by molar-refractivity contribution is 5.18. The summed E-state index contributed by atoms with van der Waals surface area (Å²) in [6.07, 6.45) is 4.99. The van der Waals surface area contributed by atoms with E-state index in [0.717, 1.165) is 25.0 Å².